The molecule has 3 aliphatic rings. The SMILES string of the molecule is O=C(NC1CCCCCC1)N1CCSC(c2ccc3c(c2)OCO3)CC1. The lowest BCUT2D eigenvalue weighted by atomic mass is 10.1. The van der Waals surface area contributed by atoms with E-state index in [1.807, 2.05) is 22.7 Å². The van der Waals surface area contributed by atoms with Gasteiger partial charge in [0.05, 0.1) is 0 Å². The monoisotopic (exact) mass is 376 g/mol. The Kier molecular flexibility index (Phi) is 5.78. The number of urea groups is 1. The number of fused-ring (bicyclic) bond motifs is 1. The minimum absolute atomic E-state index is 0.129. The Morgan fingerprint density at radius 2 is 1.85 bits per heavy atom. The molecule has 142 valence electrons. The minimum atomic E-state index is 0.129. The molecule has 2 amide bonds. The summed E-state index contributed by atoms with van der Waals surface area (Å²) in [4.78, 5) is 14.7. The van der Waals surface area contributed by atoms with E-state index in [-0.39, 0.29) is 6.03 Å². The van der Waals surface area contributed by atoms with Crippen LogP contribution in [-0.4, -0.2) is 42.6 Å². The molecule has 1 saturated heterocycles. The van der Waals surface area contributed by atoms with E-state index >= 15 is 0 Å². The molecule has 2 heterocycles. The van der Waals surface area contributed by atoms with Crippen molar-refractivity contribution in [1.82, 2.24) is 10.2 Å². The molecule has 1 N–H and O–H groups in total. The highest BCUT2D eigenvalue weighted by molar-refractivity contribution is 7.99. The Labute approximate surface area is 159 Å². The van der Waals surface area contributed by atoms with Crippen LogP contribution in [0.25, 0.3) is 0 Å². The average molecular weight is 377 g/mol. The number of ether oxygens (including phenoxy) is 2. The van der Waals surface area contributed by atoms with E-state index in [1.165, 1.54) is 31.2 Å². The van der Waals surface area contributed by atoms with E-state index in [0.717, 1.165) is 49.6 Å². The topological polar surface area (TPSA) is 50.8 Å². The summed E-state index contributed by atoms with van der Waals surface area (Å²) in [5.41, 5.74) is 1.27. The summed E-state index contributed by atoms with van der Waals surface area (Å²) in [6.45, 7) is 1.95. The molecule has 0 aromatic heterocycles. The number of carbonyl (C=O) groups is 1. The highest BCUT2D eigenvalue weighted by Gasteiger charge is 2.25. The summed E-state index contributed by atoms with van der Waals surface area (Å²) < 4.78 is 10.9. The maximum atomic E-state index is 12.7. The standard InChI is InChI=1S/C20H28N2O3S/c23-20(21-16-5-3-1-2-4-6-16)22-10-9-19(26-12-11-22)15-7-8-17-18(13-15)25-14-24-17/h7-8,13,16,19H,1-6,9-12,14H2,(H,21,23). The molecule has 1 aliphatic carbocycles. The fourth-order valence-corrected chi connectivity index (χ4v) is 5.26. The van der Waals surface area contributed by atoms with Crippen molar-refractivity contribution in [3.8, 4) is 11.5 Å². The van der Waals surface area contributed by atoms with Crippen molar-refractivity contribution in [3.05, 3.63) is 23.8 Å². The molecular weight excluding hydrogens is 348 g/mol. The van der Waals surface area contributed by atoms with Gasteiger partial charge in [0.1, 0.15) is 0 Å². The van der Waals surface area contributed by atoms with E-state index in [9.17, 15) is 4.79 Å². The van der Waals surface area contributed by atoms with Gasteiger partial charge in [-0.15, -0.1) is 0 Å². The molecule has 1 aromatic rings. The number of carbonyl (C=O) groups excluding carboxylic acids is 1. The maximum Gasteiger partial charge on any atom is 0.317 e. The van der Waals surface area contributed by atoms with Crippen molar-refractivity contribution in [1.29, 1.82) is 0 Å². The van der Waals surface area contributed by atoms with Gasteiger partial charge in [0, 0.05) is 30.1 Å². The zero-order valence-corrected chi connectivity index (χ0v) is 16.1. The van der Waals surface area contributed by atoms with Crippen LogP contribution in [0.1, 0.15) is 55.8 Å². The van der Waals surface area contributed by atoms with Crippen LogP contribution in [0.4, 0.5) is 4.79 Å². The van der Waals surface area contributed by atoms with Crippen molar-refractivity contribution < 1.29 is 14.3 Å². The number of thioether (sulfide) groups is 1. The highest BCUT2D eigenvalue weighted by Crippen LogP contribution is 2.40. The van der Waals surface area contributed by atoms with Crippen LogP contribution in [0.2, 0.25) is 0 Å². The first kappa shape index (κ1) is 17.8. The molecule has 1 aromatic carbocycles. The molecule has 0 spiro atoms. The highest BCUT2D eigenvalue weighted by atomic mass is 32.2. The number of hydrogen-bond donors (Lipinski definition) is 1. The first-order valence-corrected chi connectivity index (χ1v) is 10.9. The normalized spacial score (nSPS) is 24.0. The fourth-order valence-electron chi connectivity index (χ4n) is 4.04. The summed E-state index contributed by atoms with van der Waals surface area (Å²) in [7, 11) is 0. The fraction of sp³-hybridized carbons (Fsp3) is 0.650. The molecule has 0 bridgehead atoms. The van der Waals surface area contributed by atoms with Gasteiger partial charge in [0.25, 0.3) is 0 Å². The van der Waals surface area contributed by atoms with E-state index < -0.39 is 0 Å². The molecule has 2 fully saturated rings. The lowest BCUT2D eigenvalue weighted by molar-refractivity contribution is 0.174. The predicted molar refractivity (Wildman–Crippen MR) is 104 cm³/mol. The molecule has 1 unspecified atom stereocenters. The predicted octanol–water partition coefficient (Wildman–Crippen LogP) is 4.33. The minimum Gasteiger partial charge on any atom is -0.454 e. The van der Waals surface area contributed by atoms with Crippen LogP contribution in [0.15, 0.2) is 18.2 Å². The third-order valence-electron chi connectivity index (χ3n) is 5.58. The summed E-state index contributed by atoms with van der Waals surface area (Å²) in [6.07, 6.45) is 8.35. The van der Waals surface area contributed by atoms with Gasteiger partial charge in [0.15, 0.2) is 11.5 Å². The quantitative estimate of drug-likeness (QED) is 0.781. The van der Waals surface area contributed by atoms with Gasteiger partial charge in [-0.3, -0.25) is 0 Å². The van der Waals surface area contributed by atoms with Crippen LogP contribution >= 0.6 is 11.8 Å². The molecule has 5 nitrogen and oxygen atoms in total. The Bertz CT molecular complexity index is 631. The van der Waals surface area contributed by atoms with E-state index in [4.69, 9.17) is 9.47 Å². The first-order chi connectivity index (χ1) is 12.8. The first-order valence-electron chi connectivity index (χ1n) is 9.86. The molecule has 0 radical (unpaired) electrons. The second kappa shape index (κ2) is 8.42. The number of benzene rings is 1. The van der Waals surface area contributed by atoms with Crippen LogP contribution in [-0.2, 0) is 0 Å². The lowest BCUT2D eigenvalue weighted by Gasteiger charge is -2.24. The maximum absolute atomic E-state index is 12.7. The number of hydrogen-bond acceptors (Lipinski definition) is 4. The summed E-state index contributed by atoms with van der Waals surface area (Å²) in [5.74, 6) is 2.64. The molecule has 26 heavy (non-hydrogen) atoms. The van der Waals surface area contributed by atoms with Gasteiger partial charge in [-0.05, 0) is 37.0 Å². The zero-order chi connectivity index (χ0) is 17.8. The van der Waals surface area contributed by atoms with Crippen LogP contribution in [0.5, 0.6) is 11.5 Å². The van der Waals surface area contributed by atoms with Gasteiger partial charge in [-0.2, -0.15) is 11.8 Å². The third-order valence-corrected chi connectivity index (χ3v) is 6.91. The smallest absolute Gasteiger partial charge is 0.317 e. The number of nitrogens with one attached hydrogen (secondary N) is 1. The largest absolute Gasteiger partial charge is 0.454 e. The van der Waals surface area contributed by atoms with Gasteiger partial charge in [-0.1, -0.05) is 31.7 Å². The molecule has 6 heteroatoms. The molecule has 2 aliphatic heterocycles. The second-order valence-electron chi connectivity index (χ2n) is 7.39. The van der Waals surface area contributed by atoms with Crippen molar-refractivity contribution >= 4 is 17.8 Å². The van der Waals surface area contributed by atoms with Crippen molar-refractivity contribution in [2.45, 2.75) is 56.2 Å². The molecular formula is C20H28N2O3S. The Balaban J connectivity index is 1.33. The third kappa shape index (κ3) is 4.22. The van der Waals surface area contributed by atoms with Crippen LogP contribution < -0.4 is 14.8 Å². The number of nitrogens with zero attached hydrogens (tertiary/aromatic N) is 1. The Morgan fingerprint density at radius 3 is 2.69 bits per heavy atom. The number of rotatable bonds is 2. The Hall–Kier alpha value is -1.56. The van der Waals surface area contributed by atoms with Crippen molar-refractivity contribution in [2.24, 2.45) is 0 Å². The van der Waals surface area contributed by atoms with Crippen molar-refractivity contribution in [2.75, 3.05) is 25.6 Å². The lowest BCUT2D eigenvalue weighted by Crippen LogP contribution is -2.45. The van der Waals surface area contributed by atoms with Gasteiger partial charge < -0.3 is 19.7 Å². The second-order valence-corrected chi connectivity index (χ2v) is 8.70. The summed E-state index contributed by atoms with van der Waals surface area (Å²) in [6, 6.07) is 6.72. The molecule has 1 atom stereocenters. The van der Waals surface area contributed by atoms with Crippen molar-refractivity contribution in [3.63, 3.8) is 0 Å². The average Bonchev–Trinajstić information content (AvgIpc) is 2.84. The summed E-state index contributed by atoms with van der Waals surface area (Å²) >= 11 is 1.94. The molecule has 1 saturated carbocycles. The van der Waals surface area contributed by atoms with Gasteiger partial charge >= 0.3 is 6.03 Å². The Morgan fingerprint density at radius 1 is 1.04 bits per heavy atom. The van der Waals surface area contributed by atoms with Gasteiger partial charge in [0.2, 0.25) is 6.79 Å². The van der Waals surface area contributed by atoms with E-state index in [2.05, 4.69) is 17.4 Å². The zero-order valence-electron chi connectivity index (χ0n) is 15.2. The number of amides is 2. The molecule has 4 rings (SSSR count). The summed E-state index contributed by atoms with van der Waals surface area (Å²) in [5, 5.41) is 3.69. The van der Waals surface area contributed by atoms with E-state index in [1.54, 1.807) is 0 Å². The van der Waals surface area contributed by atoms with Crippen LogP contribution in [0, 0.1) is 0 Å². The van der Waals surface area contributed by atoms with Crippen LogP contribution in [0.3, 0.4) is 0 Å². The van der Waals surface area contributed by atoms with Gasteiger partial charge in [-0.25, -0.2) is 4.79 Å². The van der Waals surface area contributed by atoms with E-state index in [0.29, 0.717) is 18.1 Å².